The Morgan fingerprint density at radius 1 is 1.32 bits per heavy atom. The molecule has 0 aliphatic rings. The number of hydrogen-bond acceptors (Lipinski definition) is 5. The Labute approximate surface area is 110 Å². The molecule has 0 spiro atoms. The predicted molar refractivity (Wildman–Crippen MR) is 71.3 cm³/mol. The van der Waals surface area contributed by atoms with Gasteiger partial charge in [-0.1, -0.05) is 13.8 Å². The fourth-order valence-electron chi connectivity index (χ4n) is 1.54. The summed E-state index contributed by atoms with van der Waals surface area (Å²) in [7, 11) is 0. The molecular formula is C13H17N3O3. The first-order chi connectivity index (χ1) is 9.16. The van der Waals surface area contributed by atoms with Gasteiger partial charge in [-0.2, -0.15) is 4.98 Å². The minimum Gasteiger partial charge on any atom is -0.475 e. The van der Waals surface area contributed by atoms with E-state index in [9.17, 15) is 4.79 Å². The molecule has 2 aromatic rings. The fraction of sp³-hybridized carbons (Fsp3) is 0.462. The SMILES string of the molecule is CC(C)COCCOc1ccc2c(=O)[nH]cnc2n1. The Kier molecular flexibility index (Phi) is 4.46. The van der Waals surface area contributed by atoms with Crippen LogP contribution in [0.2, 0.25) is 0 Å². The molecule has 0 bridgehead atoms. The smallest absolute Gasteiger partial charge is 0.260 e. The summed E-state index contributed by atoms with van der Waals surface area (Å²) in [4.78, 5) is 22.1. The first-order valence-electron chi connectivity index (χ1n) is 6.22. The van der Waals surface area contributed by atoms with Gasteiger partial charge >= 0.3 is 0 Å². The Balaban J connectivity index is 1.93. The van der Waals surface area contributed by atoms with Gasteiger partial charge < -0.3 is 14.5 Å². The van der Waals surface area contributed by atoms with Crippen LogP contribution < -0.4 is 10.3 Å². The van der Waals surface area contributed by atoms with E-state index in [4.69, 9.17) is 9.47 Å². The standard InChI is InChI=1S/C13H17N3O3/c1-9(2)7-18-5-6-19-11-4-3-10-12(16-11)14-8-15-13(10)17/h3-4,8-9H,5-7H2,1-2H3,(H,14,15,16,17). The number of nitrogens with one attached hydrogen (secondary N) is 1. The molecule has 19 heavy (non-hydrogen) atoms. The molecule has 0 aromatic carbocycles. The summed E-state index contributed by atoms with van der Waals surface area (Å²) in [5, 5.41) is 0.450. The fourth-order valence-corrected chi connectivity index (χ4v) is 1.54. The maximum atomic E-state index is 11.5. The Morgan fingerprint density at radius 2 is 2.16 bits per heavy atom. The number of nitrogens with zero attached hydrogens (tertiary/aromatic N) is 2. The number of ether oxygens (including phenoxy) is 2. The van der Waals surface area contributed by atoms with Crippen LogP contribution in [-0.4, -0.2) is 34.8 Å². The van der Waals surface area contributed by atoms with Crippen molar-refractivity contribution in [2.24, 2.45) is 5.92 Å². The summed E-state index contributed by atoms with van der Waals surface area (Å²) in [6.07, 6.45) is 1.33. The molecule has 0 saturated carbocycles. The minimum absolute atomic E-state index is 0.204. The van der Waals surface area contributed by atoms with Gasteiger partial charge in [-0.15, -0.1) is 0 Å². The van der Waals surface area contributed by atoms with Crippen molar-refractivity contribution in [2.75, 3.05) is 19.8 Å². The molecule has 6 heteroatoms. The second-order valence-corrected chi connectivity index (χ2v) is 4.57. The molecule has 0 atom stereocenters. The monoisotopic (exact) mass is 263 g/mol. The highest BCUT2D eigenvalue weighted by atomic mass is 16.5. The average molecular weight is 263 g/mol. The van der Waals surface area contributed by atoms with Crippen LogP contribution in [0.4, 0.5) is 0 Å². The summed E-state index contributed by atoms with van der Waals surface area (Å²) in [5.74, 6) is 0.952. The zero-order chi connectivity index (χ0) is 13.7. The normalized spacial score (nSPS) is 11.1. The molecule has 0 radical (unpaired) electrons. The summed E-state index contributed by atoms with van der Waals surface area (Å²) < 4.78 is 10.8. The molecule has 1 N–H and O–H groups in total. The van der Waals surface area contributed by atoms with E-state index in [2.05, 4.69) is 28.8 Å². The van der Waals surface area contributed by atoms with E-state index in [0.717, 1.165) is 0 Å². The Bertz CT molecular complexity index is 595. The maximum Gasteiger partial charge on any atom is 0.260 e. The predicted octanol–water partition coefficient (Wildman–Crippen LogP) is 1.37. The van der Waals surface area contributed by atoms with Crippen LogP contribution in [0, 0.1) is 5.92 Å². The summed E-state index contributed by atoms with van der Waals surface area (Å²) in [6, 6.07) is 3.31. The highest BCUT2D eigenvalue weighted by Crippen LogP contribution is 2.10. The minimum atomic E-state index is -0.204. The largest absolute Gasteiger partial charge is 0.475 e. The Hall–Kier alpha value is -1.95. The van der Waals surface area contributed by atoms with E-state index in [0.29, 0.717) is 42.7 Å². The van der Waals surface area contributed by atoms with Gasteiger partial charge in [-0.05, 0) is 12.0 Å². The van der Waals surface area contributed by atoms with E-state index in [1.54, 1.807) is 12.1 Å². The molecule has 0 unspecified atom stereocenters. The van der Waals surface area contributed by atoms with Gasteiger partial charge in [-0.3, -0.25) is 4.79 Å². The van der Waals surface area contributed by atoms with Crippen molar-refractivity contribution in [3.63, 3.8) is 0 Å². The number of H-pyrrole nitrogens is 1. The summed E-state index contributed by atoms with van der Waals surface area (Å²) in [5.41, 5.74) is 0.175. The topological polar surface area (TPSA) is 77.1 Å². The zero-order valence-corrected chi connectivity index (χ0v) is 11.0. The van der Waals surface area contributed by atoms with Crippen molar-refractivity contribution in [2.45, 2.75) is 13.8 Å². The molecule has 0 amide bonds. The van der Waals surface area contributed by atoms with Crippen molar-refractivity contribution >= 4 is 11.0 Å². The molecule has 6 nitrogen and oxygen atoms in total. The lowest BCUT2D eigenvalue weighted by Gasteiger charge is -2.08. The van der Waals surface area contributed by atoms with Crippen LogP contribution in [0.3, 0.4) is 0 Å². The summed E-state index contributed by atoms with van der Waals surface area (Å²) >= 11 is 0. The van der Waals surface area contributed by atoms with Crippen molar-refractivity contribution in [1.82, 2.24) is 15.0 Å². The number of aromatic amines is 1. The van der Waals surface area contributed by atoms with Crippen molar-refractivity contribution in [3.8, 4) is 5.88 Å². The van der Waals surface area contributed by atoms with Crippen LogP contribution in [0.1, 0.15) is 13.8 Å². The molecule has 0 aliphatic carbocycles. The first kappa shape index (κ1) is 13.5. The van der Waals surface area contributed by atoms with Gasteiger partial charge in [0.15, 0.2) is 5.65 Å². The second kappa shape index (κ2) is 6.29. The second-order valence-electron chi connectivity index (χ2n) is 4.57. The number of pyridine rings is 1. The summed E-state index contributed by atoms with van der Waals surface area (Å²) in [6.45, 7) is 5.84. The number of hydrogen-bond donors (Lipinski definition) is 1. The third kappa shape index (κ3) is 3.75. The van der Waals surface area contributed by atoms with Crippen LogP contribution in [0.25, 0.3) is 11.0 Å². The van der Waals surface area contributed by atoms with E-state index < -0.39 is 0 Å². The number of rotatable bonds is 6. The molecule has 0 aliphatic heterocycles. The van der Waals surface area contributed by atoms with Crippen LogP contribution in [0.5, 0.6) is 5.88 Å². The third-order valence-corrected chi connectivity index (χ3v) is 2.41. The van der Waals surface area contributed by atoms with Crippen LogP contribution in [0.15, 0.2) is 23.3 Å². The van der Waals surface area contributed by atoms with E-state index >= 15 is 0 Å². The van der Waals surface area contributed by atoms with Crippen LogP contribution in [-0.2, 0) is 4.74 Å². The van der Waals surface area contributed by atoms with E-state index in [-0.39, 0.29) is 5.56 Å². The molecule has 2 aromatic heterocycles. The van der Waals surface area contributed by atoms with Crippen LogP contribution >= 0.6 is 0 Å². The van der Waals surface area contributed by atoms with Crippen molar-refractivity contribution in [3.05, 3.63) is 28.8 Å². The highest BCUT2D eigenvalue weighted by molar-refractivity contribution is 5.73. The highest BCUT2D eigenvalue weighted by Gasteiger charge is 2.03. The third-order valence-electron chi connectivity index (χ3n) is 2.41. The van der Waals surface area contributed by atoms with Crippen molar-refractivity contribution < 1.29 is 9.47 Å². The molecule has 2 rings (SSSR count). The number of fused-ring (bicyclic) bond motifs is 1. The first-order valence-corrected chi connectivity index (χ1v) is 6.22. The van der Waals surface area contributed by atoms with Gasteiger partial charge in [0.1, 0.15) is 6.61 Å². The van der Waals surface area contributed by atoms with E-state index in [1.165, 1.54) is 6.33 Å². The number of aromatic nitrogens is 3. The molecule has 0 fully saturated rings. The van der Waals surface area contributed by atoms with Gasteiger partial charge in [0.05, 0.1) is 18.3 Å². The van der Waals surface area contributed by atoms with Gasteiger partial charge in [0.2, 0.25) is 5.88 Å². The maximum absolute atomic E-state index is 11.5. The molecule has 102 valence electrons. The Morgan fingerprint density at radius 3 is 2.95 bits per heavy atom. The van der Waals surface area contributed by atoms with Gasteiger partial charge in [0.25, 0.3) is 5.56 Å². The lowest BCUT2D eigenvalue weighted by atomic mass is 10.2. The lowest BCUT2D eigenvalue weighted by Crippen LogP contribution is -2.11. The van der Waals surface area contributed by atoms with Crippen molar-refractivity contribution in [1.29, 1.82) is 0 Å². The average Bonchev–Trinajstić information content (AvgIpc) is 2.38. The quantitative estimate of drug-likeness (QED) is 0.796. The molecule has 0 saturated heterocycles. The lowest BCUT2D eigenvalue weighted by molar-refractivity contribution is 0.0807. The van der Waals surface area contributed by atoms with Gasteiger partial charge in [0, 0.05) is 12.7 Å². The van der Waals surface area contributed by atoms with E-state index in [1.807, 2.05) is 0 Å². The zero-order valence-electron chi connectivity index (χ0n) is 11.0. The molecular weight excluding hydrogens is 246 g/mol. The molecule has 2 heterocycles. The van der Waals surface area contributed by atoms with Gasteiger partial charge in [-0.25, -0.2) is 4.98 Å².